The van der Waals surface area contributed by atoms with Gasteiger partial charge in [-0.1, -0.05) is 0 Å². The molecule has 1 rings (SSSR count). The summed E-state index contributed by atoms with van der Waals surface area (Å²) in [6, 6.07) is 0. The van der Waals surface area contributed by atoms with E-state index in [0.29, 0.717) is 31.2 Å². The molecule has 1 N–H and O–H groups in total. The van der Waals surface area contributed by atoms with Gasteiger partial charge in [0.05, 0.1) is 6.54 Å². The lowest BCUT2D eigenvalue weighted by Gasteiger charge is -2.34. The first-order chi connectivity index (χ1) is 9.11. The third kappa shape index (κ3) is 4.41. The van der Waals surface area contributed by atoms with Crippen molar-refractivity contribution in [3.8, 4) is 0 Å². The van der Waals surface area contributed by atoms with Crippen molar-refractivity contribution in [1.82, 2.24) is 9.80 Å². The monoisotopic (exact) mass is 286 g/mol. The first kappa shape index (κ1) is 16.3. The number of likely N-dealkylation sites (N-methyl/N-ethyl adjacent to an activating group) is 1. The van der Waals surface area contributed by atoms with Crippen LogP contribution in [0.2, 0.25) is 0 Å². The lowest BCUT2D eigenvalue weighted by Crippen LogP contribution is -2.48. The fourth-order valence-electron chi connectivity index (χ4n) is 1.83. The molecule has 1 aromatic heterocycles. The molecule has 1 heterocycles. The Kier molecular flexibility index (Phi) is 4.99. The van der Waals surface area contributed by atoms with Crippen LogP contribution in [0.5, 0.6) is 0 Å². The highest BCUT2D eigenvalue weighted by atomic mass is 16.6. The van der Waals surface area contributed by atoms with Crippen molar-refractivity contribution in [2.24, 2.45) is 0 Å². The van der Waals surface area contributed by atoms with Gasteiger partial charge >= 0.3 is 11.9 Å². The first-order valence-electron chi connectivity index (χ1n) is 6.40. The molecule has 7 heteroatoms. The van der Waals surface area contributed by atoms with Crippen LogP contribution in [0.1, 0.15) is 32.3 Å². The van der Waals surface area contributed by atoms with Crippen LogP contribution < -0.4 is 5.82 Å². The highest BCUT2D eigenvalue weighted by molar-refractivity contribution is 5.65. The molecule has 0 spiro atoms. The summed E-state index contributed by atoms with van der Waals surface area (Å²) in [4.78, 5) is 25.4. The second-order valence-corrected chi connectivity index (χ2v) is 5.78. The number of nitrogens with zero attached hydrogens (tertiary/aromatic N) is 2. The molecule has 114 valence electrons. The zero-order valence-electron chi connectivity index (χ0n) is 12.6. The summed E-state index contributed by atoms with van der Waals surface area (Å²) in [6.07, 6.45) is -0.947. The van der Waals surface area contributed by atoms with Gasteiger partial charge in [-0.3, -0.25) is 4.90 Å². The van der Waals surface area contributed by atoms with Crippen molar-refractivity contribution >= 4 is 6.09 Å². The van der Waals surface area contributed by atoms with Gasteiger partial charge in [0.1, 0.15) is 5.76 Å². The van der Waals surface area contributed by atoms with E-state index in [9.17, 15) is 14.7 Å². The molecular weight excluding hydrogens is 264 g/mol. The molecule has 0 radical (unpaired) electrons. The molecule has 1 amide bonds. The number of amides is 1. The molecule has 1 aromatic rings. The first-order valence-corrected chi connectivity index (χ1v) is 6.40. The molecule has 0 aliphatic carbocycles. The Hall–Kier alpha value is -1.76. The van der Waals surface area contributed by atoms with Gasteiger partial charge in [-0.05, 0) is 34.7 Å². The number of hydrogen-bond acceptors (Lipinski definition) is 5. The van der Waals surface area contributed by atoms with Crippen LogP contribution in [-0.2, 0) is 6.54 Å². The van der Waals surface area contributed by atoms with Crippen LogP contribution in [0.4, 0.5) is 4.79 Å². The van der Waals surface area contributed by atoms with E-state index < -0.39 is 17.5 Å². The van der Waals surface area contributed by atoms with Crippen molar-refractivity contribution in [2.45, 2.75) is 39.8 Å². The summed E-state index contributed by atoms with van der Waals surface area (Å²) in [5, 5.41) is 9.19. The fourth-order valence-corrected chi connectivity index (χ4v) is 1.83. The van der Waals surface area contributed by atoms with Gasteiger partial charge in [-0.25, -0.2) is 9.59 Å². The van der Waals surface area contributed by atoms with Crippen LogP contribution in [0.3, 0.4) is 0 Å². The quantitative estimate of drug-likeness (QED) is 0.887. The lowest BCUT2D eigenvalue weighted by molar-refractivity contribution is 0.0923. The molecule has 0 bridgehead atoms. The van der Waals surface area contributed by atoms with E-state index in [0.717, 1.165) is 0 Å². The van der Waals surface area contributed by atoms with Crippen molar-refractivity contribution < 1.29 is 18.7 Å². The molecule has 0 saturated carbocycles. The second kappa shape index (κ2) is 6.13. The van der Waals surface area contributed by atoms with E-state index in [2.05, 4.69) is 0 Å². The minimum absolute atomic E-state index is 0.371. The largest absolute Gasteiger partial charge is 0.519 e. The third-order valence-corrected chi connectivity index (χ3v) is 3.00. The average molecular weight is 286 g/mol. The van der Waals surface area contributed by atoms with Crippen LogP contribution >= 0.6 is 0 Å². The SMILES string of the molecule is Cc1oc(=O)oc1CN(C)CCN(C(=O)O)C(C)(C)C. The van der Waals surface area contributed by atoms with E-state index in [1.165, 1.54) is 4.90 Å². The summed E-state index contributed by atoms with van der Waals surface area (Å²) in [5.74, 6) is 0.204. The van der Waals surface area contributed by atoms with E-state index in [1.54, 1.807) is 6.92 Å². The Morgan fingerprint density at radius 2 is 1.85 bits per heavy atom. The Morgan fingerprint density at radius 1 is 1.25 bits per heavy atom. The van der Waals surface area contributed by atoms with Crippen LogP contribution in [0.25, 0.3) is 0 Å². The highest BCUT2D eigenvalue weighted by Crippen LogP contribution is 2.14. The summed E-state index contributed by atoms with van der Waals surface area (Å²) < 4.78 is 9.69. The maximum absolute atomic E-state index is 11.2. The van der Waals surface area contributed by atoms with Crippen LogP contribution in [0.15, 0.2) is 13.6 Å². The molecule has 0 saturated heterocycles. The van der Waals surface area contributed by atoms with Crippen molar-refractivity contribution in [2.75, 3.05) is 20.1 Å². The van der Waals surface area contributed by atoms with Gasteiger partial charge in [0.15, 0.2) is 5.76 Å². The summed E-state index contributed by atoms with van der Waals surface area (Å²) >= 11 is 0. The van der Waals surface area contributed by atoms with Crippen molar-refractivity contribution in [3.63, 3.8) is 0 Å². The summed E-state index contributed by atoms with van der Waals surface area (Å²) in [7, 11) is 1.83. The smallest absolute Gasteiger partial charge is 0.465 e. The molecule has 7 nitrogen and oxygen atoms in total. The van der Waals surface area contributed by atoms with Crippen molar-refractivity contribution in [3.05, 3.63) is 22.1 Å². The van der Waals surface area contributed by atoms with Gasteiger partial charge in [-0.2, -0.15) is 0 Å². The fraction of sp³-hybridized carbons (Fsp3) is 0.692. The molecule has 0 unspecified atom stereocenters. The molecule has 0 atom stereocenters. The topological polar surface area (TPSA) is 87.1 Å². The minimum atomic E-state index is -0.947. The molecule has 20 heavy (non-hydrogen) atoms. The lowest BCUT2D eigenvalue weighted by atomic mass is 10.1. The second-order valence-electron chi connectivity index (χ2n) is 5.78. The zero-order valence-corrected chi connectivity index (χ0v) is 12.6. The van der Waals surface area contributed by atoms with E-state index in [1.807, 2.05) is 32.7 Å². The average Bonchev–Trinajstić information content (AvgIpc) is 2.54. The molecule has 0 aromatic carbocycles. The number of carboxylic acid groups (broad SMARTS) is 1. The summed E-state index contributed by atoms with van der Waals surface area (Å²) in [6.45, 7) is 8.50. The molecule has 0 aliphatic heterocycles. The van der Waals surface area contributed by atoms with Gasteiger partial charge in [0.2, 0.25) is 0 Å². The van der Waals surface area contributed by atoms with Crippen molar-refractivity contribution in [1.29, 1.82) is 0 Å². The summed E-state index contributed by atoms with van der Waals surface area (Å²) in [5.41, 5.74) is -0.454. The van der Waals surface area contributed by atoms with E-state index >= 15 is 0 Å². The zero-order chi connectivity index (χ0) is 15.5. The minimum Gasteiger partial charge on any atom is -0.465 e. The van der Waals surface area contributed by atoms with E-state index in [-0.39, 0.29) is 0 Å². The number of carbonyl (C=O) groups is 1. The Bertz CT molecular complexity index is 512. The van der Waals surface area contributed by atoms with Crippen LogP contribution in [-0.4, -0.2) is 46.7 Å². The van der Waals surface area contributed by atoms with Gasteiger partial charge < -0.3 is 18.8 Å². The number of hydrogen-bond donors (Lipinski definition) is 1. The normalized spacial score (nSPS) is 11.9. The van der Waals surface area contributed by atoms with Gasteiger partial charge in [0.25, 0.3) is 0 Å². The Morgan fingerprint density at radius 3 is 2.25 bits per heavy atom. The predicted octanol–water partition coefficient (Wildman–Crippen LogP) is 1.75. The highest BCUT2D eigenvalue weighted by Gasteiger charge is 2.26. The van der Waals surface area contributed by atoms with Gasteiger partial charge in [-0.15, -0.1) is 0 Å². The molecular formula is C13H22N2O5. The Labute approximate surface area is 117 Å². The van der Waals surface area contributed by atoms with E-state index in [4.69, 9.17) is 8.83 Å². The molecule has 0 aliphatic rings. The number of rotatable bonds is 5. The van der Waals surface area contributed by atoms with Gasteiger partial charge in [0, 0.05) is 18.6 Å². The predicted molar refractivity (Wildman–Crippen MR) is 72.8 cm³/mol. The maximum atomic E-state index is 11.2. The molecule has 0 fully saturated rings. The Balaban J connectivity index is 2.58. The van der Waals surface area contributed by atoms with Crippen LogP contribution in [0, 0.1) is 6.92 Å². The maximum Gasteiger partial charge on any atom is 0.519 e. The third-order valence-electron chi connectivity index (χ3n) is 3.00. The number of aryl methyl sites for hydroxylation is 1. The standard InChI is InChI=1S/C13H22N2O5/c1-9-10(20-12(18)19-9)8-14(5)6-7-15(11(16)17)13(2,3)4/h6-8H2,1-5H3,(H,16,17).